The fraction of sp³-hybridized carbons (Fsp3) is 0.286. The van der Waals surface area contributed by atoms with E-state index in [1.165, 1.54) is 17.7 Å². The molecule has 0 aliphatic carbocycles. The first-order valence-electron chi connectivity index (χ1n) is 9.41. The average molecular weight is 392 g/mol. The van der Waals surface area contributed by atoms with E-state index in [2.05, 4.69) is 37.8 Å². The number of aromatic nitrogens is 3. The van der Waals surface area contributed by atoms with Crippen molar-refractivity contribution < 1.29 is 8.94 Å². The van der Waals surface area contributed by atoms with Crippen LogP contribution in [0.4, 0.5) is 0 Å². The predicted molar refractivity (Wildman–Crippen MR) is 107 cm³/mol. The van der Waals surface area contributed by atoms with Gasteiger partial charge in [0.05, 0.1) is 6.54 Å². The third-order valence-corrected chi connectivity index (χ3v) is 6.14. The number of rotatable bonds is 5. The normalized spacial score (nSPS) is 17.4. The smallest absolute Gasteiger partial charge is 0.253 e. The molecule has 0 unspecified atom stereocenters. The van der Waals surface area contributed by atoms with Gasteiger partial charge in [-0.2, -0.15) is 0 Å². The van der Waals surface area contributed by atoms with Crippen LogP contribution in [-0.4, -0.2) is 26.8 Å². The molecule has 1 aliphatic rings. The molecular formula is C21H20N4O2S. The van der Waals surface area contributed by atoms with Crippen molar-refractivity contribution >= 4 is 11.3 Å². The Labute approximate surface area is 166 Å². The lowest BCUT2D eigenvalue weighted by molar-refractivity contribution is 0.227. The minimum Gasteiger partial charge on any atom is -0.419 e. The van der Waals surface area contributed by atoms with Crippen molar-refractivity contribution in [2.45, 2.75) is 32.4 Å². The molecule has 0 radical (unpaired) electrons. The second kappa shape index (κ2) is 7.33. The van der Waals surface area contributed by atoms with Crippen molar-refractivity contribution in [2.75, 3.05) is 6.54 Å². The van der Waals surface area contributed by atoms with E-state index < -0.39 is 0 Å². The molecule has 28 heavy (non-hydrogen) atoms. The molecule has 142 valence electrons. The fourth-order valence-corrected chi connectivity index (χ4v) is 4.72. The number of nitrogens with zero attached hydrogens (tertiary/aromatic N) is 4. The van der Waals surface area contributed by atoms with Crippen molar-refractivity contribution in [3.63, 3.8) is 0 Å². The first kappa shape index (κ1) is 17.3. The van der Waals surface area contributed by atoms with E-state index in [-0.39, 0.29) is 0 Å². The topological polar surface area (TPSA) is 68.2 Å². The Morgan fingerprint density at radius 2 is 2.04 bits per heavy atom. The van der Waals surface area contributed by atoms with Gasteiger partial charge in [-0.1, -0.05) is 41.6 Å². The van der Waals surface area contributed by atoms with Crippen LogP contribution in [0.25, 0.3) is 22.7 Å². The summed E-state index contributed by atoms with van der Waals surface area (Å²) in [6.07, 6.45) is 2.36. The lowest BCUT2D eigenvalue weighted by Gasteiger charge is -2.21. The molecule has 1 fully saturated rings. The van der Waals surface area contributed by atoms with E-state index in [0.29, 0.717) is 30.1 Å². The number of hydrogen-bond donors (Lipinski definition) is 0. The van der Waals surface area contributed by atoms with Crippen LogP contribution in [0.3, 0.4) is 0 Å². The zero-order valence-corrected chi connectivity index (χ0v) is 16.4. The minimum absolute atomic E-state index is 0.438. The third-order valence-electron chi connectivity index (χ3n) is 5.16. The predicted octanol–water partition coefficient (Wildman–Crippen LogP) is 5.10. The first-order chi connectivity index (χ1) is 13.8. The van der Waals surface area contributed by atoms with E-state index in [1.807, 2.05) is 48.6 Å². The molecule has 4 aromatic rings. The molecule has 7 heteroatoms. The van der Waals surface area contributed by atoms with Crippen molar-refractivity contribution in [2.24, 2.45) is 0 Å². The number of aryl methyl sites for hydroxylation is 1. The molecule has 1 aliphatic heterocycles. The van der Waals surface area contributed by atoms with Gasteiger partial charge >= 0.3 is 0 Å². The molecule has 0 spiro atoms. The van der Waals surface area contributed by atoms with Gasteiger partial charge in [-0.3, -0.25) is 4.90 Å². The summed E-state index contributed by atoms with van der Waals surface area (Å²) in [6, 6.07) is 14.7. The standard InChI is InChI=1S/C21H20N4O2S/c1-14-19(20(24-27-14)15-7-3-2-4-8-15)21-23-22-18(26-21)13-25-11-5-9-16(25)17-10-6-12-28-17/h2-4,6-8,10,12,16H,5,9,11,13H2,1H3/t16-/m1/s1. The van der Waals surface area contributed by atoms with Crippen LogP contribution in [-0.2, 0) is 6.54 Å². The summed E-state index contributed by atoms with van der Waals surface area (Å²) in [5.41, 5.74) is 2.46. The number of likely N-dealkylation sites (tertiary alicyclic amines) is 1. The highest BCUT2D eigenvalue weighted by Crippen LogP contribution is 2.36. The molecule has 0 saturated carbocycles. The summed E-state index contributed by atoms with van der Waals surface area (Å²) in [5, 5.41) is 14.9. The molecule has 0 bridgehead atoms. The number of thiophene rings is 1. The van der Waals surface area contributed by atoms with Gasteiger partial charge in [0.15, 0.2) is 0 Å². The van der Waals surface area contributed by atoms with Crippen LogP contribution in [0.5, 0.6) is 0 Å². The maximum Gasteiger partial charge on any atom is 0.253 e. The zero-order chi connectivity index (χ0) is 18.9. The molecule has 4 heterocycles. The second-order valence-electron chi connectivity index (χ2n) is 6.97. The van der Waals surface area contributed by atoms with Gasteiger partial charge in [0.1, 0.15) is 17.0 Å². The van der Waals surface area contributed by atoms with Crippen molar-refractivity contribution in [3.05, 3.63) is 64.4 Å². The average Bonchev–Trinajstić information content (AvgIpc) is 3.50. The molecule has 0 amide bonds. The van der Waals surface area contributed by atoms with Gasteiger partial charge in [-0.05, 0) is 37.8 Å². The third kappa shape index (κ3) is 3.16. The van der Waals surface area contributed by atoms with E-state index >= 15 is 0 Å². The van der Waals surface area contributed by atoms with Crippen LogP contribution in [0, 0.1) is 6.92 Å². The molecule has 1 aromatic carbocycles. The Hall–Kier alpha value is -2.77. The second-order valence-corrected chi connectivity index (χ2v) is 7.95. The molecule has 0 N–H and O–H groups in total. The Kier molecular flexibility index (Phi) is 4.54. The zero-order valence-electron chi connectivity index (χ0n) is 15.5. The quantitative estimate of drug-likeness (QED) is 0.471. The lowest BCUT2D eigenvalue weighted by atomic mass is 10.1. The van der Waals surface area contributed by atoms with Crippen molar-refractivity contribution in [1.29, 1.82) is 0 Å². The molecule has 1 saturated heterocycles. The van der Waals surface area contributed by atoms with Crippen LogP contribution in [0.1, 0.15) is 35.4 Å². The van der Waals surface area contributed by atoms with Crippen LogP contribution in [0.15, 0.2) is 56.8 Å². The van der Waals surface area contributed by atoms with Crippen molar-refractivity contribution in [1.82, 2.24) is 20.3 Å². The Morgan fingerprint density at radius 3 is 2.86 bits per heavy atom. The fourth-order valence-electron chi connectivity index (χ4n) is 3.83. The monoisotopic (exact) mass is 392 g/mol. The van der Waals surface area contributed by atoms with Gasteiger partial charge in [0.25, 0.3) is 5.89 Å². The van der Waals surface area contributed by atoms with Gasteiger partial charge in [0.2, 0.25) is 5.89 Å². The van der Waals surface area contributed by atoms with Crippen LogP contribution < -0.4 is 0 Å². The number of benzene rings is 1. The van der Waals surface area contributed by atoms with Crippen LogP contribution >= 0.6 is 11.3 Å². The SMILES string of the molecule is Cc1onc(-c2ccccc2)c1-c1nnc(CN2CCC[C@@H]2c2cccs2)o1. The summed E-state index contributed by atoms with van der Waals surface area (Å²) in [6.45, 7) is 3.56. The molecule has 3 aromatic heterocycles. The largest absolute Gasteiger partial charge is 0.419 e. The lowest BCUT2D eigenvalue weighted by Crippen LogP contribution is -2.22. The molecular weight excluding hydrogens is 372 g/mol. The highest BCUT2D eigenvalue weighted by atomic mass is 32.1. The van der Waals surface area contributed by atoms with Crippen molar-refractivity contribution in [3.8, 4) is 22.7 Å². The molecule has 5 rings (SSSR count). The van der Waals surface area contributed by atoms with E-state index in [9.17, 15) is 0 Å². The summed E-state index contributed by atoms with van der Waals surface area (Å²) in [4.78, 5) is 3.82. The highest BCUT2D eigenvalue weighted by molar-refractivity contribution is 7.10. The number of hydrogen-bond acceptors (Lipinski definition) is 7. The Bertz CT molecular complexity index is 1060. The Balaban J connectivity index is 1.41. The maximum atomic E-state index is 6.04. The summed E-state index contributed by atoms with van der Waals surface area (Å²) in [5.74, 6) is 1.75. The molecule has 1 atom stereocenters. The van der Waals surface area contributed by atoms with Gasteiger partial charge in [-0.15, -0.1) is 21.5 Å². The Morgan fingerprint density at radius 1 is 1.14 bits per heavy atom. The summed E-state index contributed by atoms with van der Waals surface area (Å²) in [7, 11) is 0. The summed E-state index contributed by atoms with van der Waals surface area (Å²) < 4.78 is 11.5. The maximum absolute atomic E-state index is 6.04. The van der Waals surface area contributed by atoms with Gasteiger partial charge in [0, 0.05) is 16.5 Å². The van der Waals surface area contributed by atoms with Gasteiger partial charge in [-0.25, -0.2) is 0 Å². The van der Waals surface area contributed by atoms with E-state index in [0.717, 1.165) is 23.4 Å². The highest BCUT2D eigenvalue weighted by Gasteiger charge is 2.29. The van der Waals surface area contributed by atoms with Crippen LogP contribution in [0.2, 0.25) is 0 Å². The molecule has 6 nitrogen and oxygen atoms in total. The first-order valence-corrected chi connectivity index (χ1v) is 10.3. The summed E-state index contributed by atoms with van der Waals surface area (Å²) >= 11 is 1.81. The van der Waals surface area contributed by atoms with Gasteiger partial charge < -0.3 is 8.94 Å². The van der Waals surface area contributed by atoms with E-state index in [4.69, 9.17) is 8.94 Å². The minimum atomic E-state index is 0.438. The van der Waals surface area contributed by atoms with E-state index in [1.54, 1.807) is 0 Å².